The van der Waals surface area contributed by atoms with E-state index in [9.17, 15) is 0 Å². The van der Waals surface area contributed by atoms with Crippen LogP contribution in [0.25, 0.3) is 0 Å². The smallest absolute Gasteiger partial charge is 0.162 e. The highest BCUT2D eigenvalue weighted by Gasteiger charge is 2.08. The molecule has 0 saturated heterocycles. The molecule has 1 N–H and O–H groups in total. The minimum absolute atomic E-state index is 0.929. The summed E-state index contributed by atoms with van der Waals surface area (Å²) in [7, 11) is 0. The summed E-state index contributed by atoms with van der Waals surface area (Å²) >= 11 is 1.82. The van der Waals surface area contributed by atoms with E-state index < -0.39 is 0 Å². The van der Waals surface area contributed by atoms with Gasteiger partial charge in [0.1, 0.15) is 0 Å². The molecule has 0 radical (unpaired) electrons. The van der Waals surface area contributed by atoms with Gasteiger partial charge in [-0.3, -0.25) is 0 Å². The first kappa shape index (κ1) is 5.97. The van der Waals surface area contributed by atoms with E-state index in [0.29, 0.717) is 0 Å². The lowest BCUT2D eigenvalue weighted by atomic mass is 10.5. The van der Waals surface area contributed by atoms with Crippen molar-refractivity contribution in [2.24, 2.45) is 0 Å². The molecule has 4 heteroatoms. The van der Waals surface area contributed by atoms with E-state index in [1.54, 1.807) is 6.20 Å². The van der Waals surface area contributed by atoms with Crippen LogP contribution >= 0.6 is 11.8 Å². The molecule has 0 spiro atoms. The quantitative estimate of drug-likeness (QED) is 0.603. The van der Waals surface area contributed by atoms with Crippen molar-refractivity contribution in [3.05, 3.63) is 12.3 Å². The summed E-state index contributed by atoms with van der Waals surface area (Å²) in [5, 5.41) is 10.9. The molecule has 2 rings (SSSR count). The Kier molecular flexibility index (Phi) is 1.47. The molecule has 0 amide bonds. The lowest BCUT2D eigenvalue weighted by molar-refractivity contribution is 0.971. The van der Waals surface area contributed by atoms with Gasteiger partial charge in [0.25, 0.3) is 0 Å². The van der Waals surface area contributed by atoms with Gasteiger partial charge in [-0.15, -0.1) is 16.9 Å². The molecule has 1 aliphatic rings. The summed E-state index contributed by atoms with van der Waals surface area (Å²) in [4.78, 5) is 1.21. The maximum Gasteiger partial charge on any atom is 0.162 e. The van der Waals surface area contributed by atoms with Crippen LogP contribution in [0.15, 0.2) is 17.2 Å². The normalized spacial score (nSPS) is 15.6. The van der Waals surface area contributed by atoms with Gasteiger partial charge in [0.15, 0.2) is 5.82 Å². The molecular weight excluding hydrogens is 146 g/mol. The molecule has 0 aromatic carbocycles. The van der Waals surface area contributed by atoms with Crippen molar-refractivity contribution >= 4 is 17.6 Å². The molecule has 1 aromatic heterocycles. The lowest BCUT2D eigenvalue weighted by Gasteiger charge is -2.13. The largest absolute Gasteiger partial charge is 0.367 e. The molecule has 3 nitrogen and oxygen atoms in total. The zero-order valence-electron chi connectivity index (χ0n) is 5.37. The second kappa shape index (κ2) is 2.46. The van der Waals surface area contributed by atoms with Gasteiger partial charge in [-0.1, -0.05) is 0 Å². The average molecular weight is 153 g/mol. The molecule has 0 unspecified atom stereocenters. The second-order valence-corrected chi connectivity index (χ2v) is 3.16. The predicted molar refractivity (Wildman–Crippen MR) is 41.2 cm³/mol. The van der Waals surface area contributed by atoms with Crippen molar-refractivity contribution in [2.75, 3.05) is 17.6 Å². The first-order chi connectivity index (χ1) is 4.97. The standard InChI is InChI=1S/C6H7N3S/c1-2-8-9-6-5(1)10-4-3-7-6/h1-2H,3-4H2,(H,7,9). The number of thioether (sulfide) groups is 1. The Hall–Kier alpha value is -0.770. The Morgan fingerprint density at radius 3 is 3.50 bits per heavy atom. The first-order valence-corrected chi connectivity index (χ1v) is 4.14. The Balaban J connectivity index is 2.41. The first-order valence-electron chi connectivity index (χ1n) is 3.15. The Morgan fingerprint density at radius 1 is 1.60 bits per heavy atom. The zero-order valence-corrected chi connectivity index (χ0v) is 6.19. The van der Waals surface area contributed by atoms with Crippen molar-refractivity contribution in [1.82, 2.24) is 10.2 Å². The molecule has 0 saturated carbocycles. The lowest BCUT2D eigenvalue weighted by Crippen LogP contribution is -2.11. The van der Waals surface area contributed by atoms with Crippen LogP contribution in [0, 0.1) is 0 Å². The summed E-state index contributed by atoms with van der Waals surface area (Å²) in [6.07, 6.45) is 1.72. The molecule has 0 aliphatic carbocycles. The van der Waals surface area contributed by atoms with E-state index in [1.807, 2.05) is 17.8 Å². The van der Waals surface area contributed by atoms with Crippen LogP contribution < -0.4 is 5.32 Å². The topological polar surface area (TPSA) is 37.8 Å². The summed E-state index contributed by atoms with van der Waals surface area (Å²) < 4.78 is 0. The average Bonchev–Trinajstić information content (AvgIpc) is 2.05. The van der Waals surface area contributed by atoms with Gasteiger partial charge in [-0.05, 0) is 6.07 Å². The van der Waals surface area contributed by atoms with Crippen molar-refractivity contribution in [1.29, 1.82) is 0 Å². The van der Waals surface area contributed by atoms with E-state index in [4.69, 9.17) is 0 Å². The molecule has 0 bridgehead atoms. The third-order valence-corrected chi connectivity index (χ3v) is 2.38. The SMILES string of the molecule is c1cc2c(nn1)NCCS2. The number of aromatic nitrogens is 2. The van der Waals surface area contributed by atoms with Gasteiger partial charge >= 0.3 is 0 Å². The van der Waals surface area contributed by atoms with Crippen LogP contribution in [-0.2, 0) is 0 Å². The summed E-state index contributed by atoms with van der Waals surface area (Å²) in [5.41, 5.74) is 0. The molecule has 1 aliphatic heterocycles. The zero-order chi connectivity index (χ0) is 6.81. The van der Waals surface area contributed by atoms with Gasteiger partial charge < -0.3 is 5.32 Å². The fourth-order valence-electron chi connectivity index (χ4n) is 0.890. The molecular formula is C6H7N3S. The molecule has 2 heterocycles. The van der Waals surface area contributed by atoms with Crippen LogP contribution in [0.4, 0.5) is 5.82 Å². The number of anilines is 1. The molecule has 52 valence electrons. The maximum absolute atomic E-state index is 3.94. The summed E-state index contributed by atoms with van der Waals surface area (Å²) in [6, 6.07) is 1.99. The number of hydrogen-bond donors (Lipinski definition) is 1. The van der Waals surface area contributed by atoms with E-state index in [-0.39, 0.29) is 0 Å². The van der Waals surface area contributed by atoms with E-state index >= 15 is 0 Å². The van der Waals surface area contributed by atoms with Crippen LogP contribution in [0.3, 0.4) is 0 Å². The van der Waals surface area contributed by atoms with Crippen LogP contribution in [-0.4, -0.2) is 22.5 Å². The van der Waals surface area contributed by atoms with Crippen molar-refractivity contribution < 1.29 is 0 Å². The van der Waals surface area contributed by atoms with E-state index in [1.165, 1.54) is 4.90 Å². The van der Waals surface area contributed by atoms with Gasteiger partial charge in [0, 0.05) is 12.3 Å². The van der Waals surface area contributed by atoms with Crippen LogP contribution in [0.1, 0.15) is 0 Å². The fourth-order valence-corrected chi connectivity index (χ4v) is 1.72. The Bertz CT molecular complexity index is 213. The number of rotatable bonds is 0. The minimum Gasteiger partial charge on any atom is -0.367 e. The highest BCUT2D eigenvalue weighted by molar-refractivity contribution is 7.99. The van der Waals surface area contributed by atoms with E-state index in [2.05, 4.69) is 15.5 Å². The highest BCUT2D eigenvalue weighted by atomic mass is 32.2. The number of hydrogen-bond acceptors (Lipinski definition) is 4. The van der Waals surface area contributed by atoms with Gasteiger partial charge in [0.2, 0.25) is 0 Å². The predicted octanol–water partition coefficient (Wildman–Crippen LogP) is 0.994. The fraction of sp³-hybridized carbons (Fsp3) is 0.333. The van der Waals surface area contributed by atoms with Crippen molar-refractivity contribution in [3.8, 4) is 0 Å². The third kappa shape index (κ3) is 0.945. The summed E-state index contributed by atoms with van der Waals surface area (Å²) in [6.45, 7) is 0.996. The van der Waals surface area contributed by atoms with Gasteiger partial charge in [0.05, 0.1) is 11.1 Å². The summed E-state index contributed by atoms with van der Waals surface area (Å²) in [5.74, 6) is 2.05. The van der Waals surface area contributed by atoms with Crippen molar-refractivity contribution in [3.63, 3.8) is 0 Å². The Morgan fingerprint density at radius 2 is 2.60 bits per heavy atom. The molecule has 10 heavy (non-hydrogen) atoms. The van der Waals surface area contributed by atoms with Gasteiger partial charge in [-0.25, -0.2) is 0 Å². The number of nitrogens with one attached hydrogen (secondary N) is 1. The highest BCUT2D eigenvalue weighted by Crippen LogP contribution is 2.26. The van der Waals surface area contributed by atoms with E-state index in [0.717, 1.165) is 18.1 Å². The minimum atomic E-state index is 0.929. The molecule has 0 atom stereocenters. The number of nitrogens with zero attached hydrogens (tertiary/aromatic N) is 2. The Labute approximate surface area is 63.2 Å². The monoisotopic (exact) mass is 153 g/mol. The molecule has 1 aromatic rings. The van der Waals surface area contributed by atoms with Crippen molar-refractivity contribution in [2.45, 2.75) is 4.90 Å². The third-order valence-electron chi connectivity index (χ3n) is 1.34. The van der Waals surface area contributed by atoms with Gasteiger partial charge in [-0.2, -0.15) is 5.10 Å². The second-order valence-electron chi connectivity index (χ2n) is 2.02. The van der Waals surface area contributed by atoms with Crippen LogP contribution in [0.5, 0.6) is 0 Å². The van der Waals surface area contributed by atoms with Crippen LogP contribution in [0.2, 0.25) is 0 Å². The molecule has 0 fully saturated rings. The number of fused-ring (bicyclic) bond motifs is 1. The maximum atomic E-state index is 3.94.